The van der Waals surface area contributed by atoms with Gasteiger partial charge in [0, 0.05) is 12.6 Å². The zero-order valence-electron chi connectivity index (χ0n) is 16.3. The van der Waals surface area contributed by atoms with E-state index in [1.807, 2.05) is 24.3 Å². The molecular weight excluding hydrogens is 366 g/mol. The number of benzene rings is 1. The third-order valence-corrected chi connectivity index (χ3v) is 6.38. The molecule has 1 aliphatic carbocycles. The standard InChI is InChI=1S/C22H23N5O2/c28-22-18-19-21(25-17-10-4-3-9-16(17)24-19)27(14-6-1-2-7-14)20(18)23-13-26(22)12-15-8-5-11-29-15/h3-4,9-10,13-15H,1-2,5-8,11-12H2. The summed E-state index contributed by atoms with van der Waals surface area (Å²) in [5.41, 5.74) is 3.78. The van der Waals surface area contributed by atoms with Gasteiger partial charge in [-0.1, -0.05) is 25.0 Å². The first-order valence-electron chi connectivity index (χ1n) is 10.6. The van der Waals surface area contributed by atoms with Gasteiger partial charge in [-0.15, -0.1) is 0 Å². The Morgan fingerprint density at radius 1 is 1.00 bits per heavy atom. The summed E-state index contributed by atoms with van der Waals surface area (Å²) < 4.78 is 9.60. The van der Waals surface area contributed by atoms with Crippen LogP contribution in [0.3, 0.4) is 0 Å². The first kappa shape index (κ1) is 17.1. The van der Waals surface area contributed by atoms with Crippen molar-refractivity contribution in [3.63, 3.8) is 0 Å². The van der Waals surface area contributed by atoms with Crippen molar-refractivity contribution in [2.75, 3.05) is 6.61 Å². The van der Waals surface area contributed by atoms with Gasteiger partial charge in [0.05, 0.1) is 30.0 Å². The third-order valence-electron chi connectivity index (χ3n) is 6.38. The predicted octanol–water partition coefficient (Wildman–Crippen LogP) is 3.59. The van der Waals surface area contributed by atoms with Crippen LogP contribution in [0.4, 0.5) is 0 Å². The number of fused-ring (bicyclic) bond motifs is 4. The Kier molecular flexibility index (Phi) is 3.90. The zero-order chi connectivity index (χ0) is 19.4. The Hall–Kier alpha value is -2.80. The Bertz CT molecular complexity index is 1280. The van der Waals surface area contributed by atoms with Crippen LogP contribution in [-0.4, -0.2) is 36.8 Å². The van der Waals surface area contributed by atoms with Crippen molar-refractivity contribution in [1.29, 1.82) is 0 Å². The van der Waals surface area contributed by atoms with Gasteiger partial charge in [0.2, 0.25) is 0 Å². The van der Waals surface area contributed by atoms with Gasteiger partial charge in [-0.2, -0.15) is 0 Å². The molecule has 0 N–H and O–H groups in total. The van der Waals surface area contributed by atoms with E-state index in [9.17, 15) is 4.79 Å². The van der Waals surface area contributed by atoms with Crippen molar-refractivity contribution in [2.24, 2.45) is 0 Å². The maximum atomic E-state index is 13.5. The fourth-order valence-electron chi connectivity index (χ4n) is 4.94. The fourth-order valence-corrected chi connectivity index (χ4v) is 4.94. The van der Waals surface area contributed by atoms with E-state index < -0.39 is 0 Å². The van der Waals surface area contributed by atoms with E-state index in [1.165, 1.54) is 12.8 Å². The van der Waals surface area contributed by atoms with Crippen LogP contribution in [0.1, 0.15) is 44.6 Å². The van der Waals surface area contributed by atoms with Crippen LogP contribution >= 0.6 is 0 Å². The van der Waals surface area contributed by atoms with E-state index in [0.29, 0.717) is 23.5 Å². The van der Waals surface area contributed by atoms with E-state index in [1.54, 1.807) is 10.9 Å². The van der Waals surface area contributed by atoms with Gasteiger partial charge in [0.15, 0.2) is 11.3 Å². The van der Waals surface area contributed by atoms with Crippen molar-refractivity contribution in [1.82, 2.24) is 24.1 Å². The van der Waals surface area contributed by atoms with Crippen LogP contribution in [0.15, 0.2) is 35.4 Å². The van der Waals surface area contributed by atoms with Crippen molar-refractivity contribution >= 4 is 33.2 Å². The summed E-state index contributed by atoms with van der Waals surface area (Å²) in [5.74, 6) is 0. The Morgan fingerprint density at radius 2 is 1.79 bits per heavy atom. The number of rotatable bonds is 3. The summed E-state index contributed by atoms with van der Waals surface area (Å²) in [4.78, 5) is 28.0. The maximum absolute atomic E-state index is 13.5. The Labute approximate surface area is 167 Å². The number of nitrogens with zero attached hydrogens (tertiary/aromatic N) is 5. The molecule has 29 heavy (non-hydrogen) atoms. The molecule has 0 amide bonds. The smallest absolute Gasteiger partial charge is 0.265 e. The van der Waals surface area contributed by atoms with Crippen LogP contribution in [-0.2, 0) is 11.3 Å². The SMILES string of the molecule is O=c1c2c3nc4ccccc4nc3n(C3CCCC3)c2ncn1CC1CCCO1. The van der Waals surface area contributed by atoms with Gasteiger partial charge >= 0.3 is 0 Å². The molecule has 1 saturated carbocycles. The summed E-state index contributed by atoms with van der Waals surface area (Å²) in [5, 5.41) is 0.589. The lowest BCUT2D eigenvalue weighted by Crippen LogP contribution is -2.26. The second kappa shape index (κ2) is 6.62. The summed E-state index contributed by atoms with van der Waals surface area (Å²) in [7, 11) is 0. The number of ether oxygens (including phenoxy) is 1. The molecule has 2 aliphatic rings. The zero-order valence-corrected chi connectivity index (χ0v) is 16.3. The molecule has 2 fully saturated rings. The number of para-hydroxylation sites is 2. The van der Waals surface area contributed by atoms with Gasteiger partial charge in [0.25, 0.3) is 5.56 Å². The average molecular weight is 389 g/mol. The molecule has 4 heterocycles. The second-order valence-electron chi connectivity index (χ2n) is 8.23. The van der Waals surface area contributed by atoms with Gasteiger partial charge in [-0.3, -0.25) is 9.36 Å². The van der Waals surface area contributed by atoms with E-state index in [2.05, 4.69) is 4.57 Å². The van der Waals surface area contributed by atoms with Crippen LogP contribution in [0.2, 0.25) is 0 Å². The van der Waals surface area contributed by atoms with Gasteiger partial charge in [-0.25, -0.2) is 15.0 Å². The second-order valence-corrected chi connectivity index (χ2v) is 8.23. The molecule has 4 aromatic rings. The van der Waals surface area contributed by atoms with Crippen LogP contribution < -0.4 is 5.56 Å². The average Bonchev–Trinajstić information content (AvgIpc) is 3.48. The molecule has 1 aliphatic heterocycles. The fraction of sp³-hybridized carbons (Fsp3) is 0.455. The van der Waals surface area contributed by atoms with Crippen molar-refractivity contribution in [3.8, 4) is 0 Å². The molecule has 1 unspecified atom stereocenters. The highest BCUT2D eigenvalue weighted by molar-refractivity contribution is 6.04. The van der Waals surface area contributed by atoms with Gasteiger partial charge in [0.1, 0.15) is 10.9 Å². The Morgan fingerprint density at radius 3 is 2.55 bits per heavy atom. The first-order chi connectivity index (χ1) is 14.3. The first-order valence-corrected chi connectivity index (χ1v) is 10.6. The lowest BCUT2D eigenvalue weighted by atomic mass is 10.2. The van der Waals surface area contributed by atoms with Crippen molar-refractivity contribution < 1.29 is 4.74 Å². The molecule has 148 valence electrons. The molecule has 7 heteroatoms. The molecule has 7 nitrogen and oxygen atoms in total. The van der Waals surface area contributed by atoms with Crippen LogP contribution in [0.25, 0.3) is 33.2 Å². The minimum absolute atomic E-state index is 0.0446. The topological polar surface area (TPSA) is 74.8 Å². The molecule has 1 aromatic carbocycles. The number of aromatic nitrogens is 5. The Balaban J connectivity index is 1.64. The molecular formula is C22H23N5O2. The molecule has 0 bridgehead atoms. The van der Waals surface area contributed by atoms with E-state index >= 15 is 0 Å². The molecule has 3 aromatic heterocycles. The highest BCUT2D eigenvalue weighted by Crippen LogP contribution is 2.36. The lowest BCUT2D eigenvalue weighted by Gasteiger charge is -2.14. The van der Waals surface area contributed by atoms with Crippen molar-refractivity contribution in [3.05, 3.63) is 40.9 Å². The normalized spacial score (nSPS) is 20.5. The van der Waals surface area contributed by atoms with E-state index in [0.717, 1.165) is 54.6 Å². The van der Waals surface area contributed by atoms with Crippen LogP contribution in [0.5, 0.6) is 0 Å². The minimum Gasteiger partial charge on any atom is -0.376 e. The van der Waals surface area contributed by atoms with Gasteiger partial charge in [-0.05, 0) is 37.8 Å². The quantitative estimate of drug-likeness (QED) is 0.535. The van der Waals surface area contributed by atoms with E-state index in [-0.39, 0.29) is 11.7 Å². The molecule has 0 spiro atoms. The third kappa shape index (κ3) is 2.68. The largest absolute Gasteiger partial charge is 0.376 e. The van der Waals surface area contributed by atoms with E-state index in [4.69, 9.17) is 19.7 Å². The summed E-state index contributed by atoms with van der Waals surface area (Å²) >= 11 is 0. The predicted molar refractivity (Wildman–Crippen MR) is 111 cm³/mol. The highest BCUT2D eigenvalue weighted by atomic mass is 16.5. The van der Waals surface area contributed by atoms with Gasteiger partial charge < -0.3 is 9.30 Å². The summed E-state index contributed by atoms with van der Waals surface area (Å²) in [6, 6.07) is 8.17. The summed E-state index contributed by atoms with van der Waals surface area (Å²) in [6.45, 7) is 1.31. The maximum Gasteiger partial charge on any atom is 0.265 e. The van der Waals surface area contributed by atoms with Crippen LogP contribution in [0, 0.1) is 0 Å². The minimum atomic E-state index is -0.0446. The lowest BCUT2D eigenvalue weighted by molar-refractivity contribution is 0.0960. The number of hydrogen-bond acceptors (Lipinski definition) is 5. The molecule has 6 rings (SSSR count). The monoisotopic (exact) mass is 389 g/mol. The molecule has 1 saturated heterocycles. The van der Waals surface area contributed by atoms with Crippen molar-refractivity contribution in [2.45, 2.75) is 57.2 Å². The highest BCUT2D eigenvalue weighted by Gasteiger charge is 2.27. The summed E-state index contributed by atoms with van der Waals surface area (Å²) in [6.07, 6.45) is 8.37. The molecule has 1 atom stereocenters. The molecule has 0 radical (unpaired) electrons. The number of hydrogen-bond donors (Lipinski definition) is 0.